The summed E-state index contributed by atoms with van der Waals surface area (Å²) in [7, 11) is 0. The van der Waals surface area contributed by atoms with E-state index in [1.807, 2.05) is 6.20 Å². The third-order valence-corrected chi connectivity index (χ3v) is 2.86. The first-order chi connectivity index (χ1) is 6.92. The molecule has 1 aromatic heterocycles. The molecule has 0 spiro atoms. The molecular formula is C12H12BrN. The van der Waals surface area contributed by atoms with E-state index in [1.54, 1.807) is 0 Å². The molecule has 0 bridgehead atoms. The first-order valence-electron chi connectivity index (χ1n) is 4.80. The fourth-order valence-corrected chi connectivity index (χ4v) is 1.90. The van der Waals surface area contributed by atoms with Gasteiger partial charge in [-0.1, -0.05) is 40.2 Å². The van der Waals surface area contributed by atoms with Gasteiger partial charge in [-0.25, -0.2) is 0 Å². The first-order valence-corrected chi connectivity index (χ1v) is 5.92. The van der Waals surface area contributed by atoms with Crippen molar-refractivity contribution in [1.82, 2.24) is 4.98 Å². The Hall–Kier alpha value is -0.890. The van der Waals surface area contributed by atoms with Gasteiger partial charge in [0.15, 0.2) is 0 Å². The van der Waals surface area contributed by atoms with Gasteiger partial charge in [0, 0.05) is 22.6 Å². The summed E-state index contributed by atoms with van der Waals surface area (Å²) in [5.41, 5.74) is 1.21. The largest absolute Gasteiger partial charge is 0.261 e. The quantitative estimate of drug-likeness (QED) is 0.759. The molecule has 1 heterocycles. The number of pyridine rings is 1. The minimum atomic E-state index is 1.04. The van der Waals surface area contributed by atoms with Crippen LogP contribution in [0.15, 0.2) is 36.5 Å². The lowest BCUT2D eigenvalue weighted by Gasteiger charge is -2.03. The van der Waals surface area contributed by atoms with E-state index in [4.69, 9.17) is 0 Å². The van der Waals surface area contributed by atoms with Gasteiger partial charge in [-0.3, -0.25) is 4.98 Å². The number of hydrogen-bond donors (Lipinski definition) is 0. The molecule has 0 aliphatic heterocycles. The molecule has 1 aromatic carbocycles. The molecule has 0 aliphatic rings. The SMILES string of the molecule is BrCCCc1nccc2ccccc12. The van der Waals surface area contributed by atoms with E-state index in [1.165, 1.54) is 16.5 Å². The lowest BCUT2D eigenvalue weighted by molar-refractivity contribution is 0.908. The van der Waals surface area contributed by atoms with Crippen LogP contribution in [0.5, 0.6) is 0 Å². The van der Waals surface area contributed by atoms with Crippen LogP contribution < -0.4 is 0 Å². The first kappa shape index (κ1) is 9.66. The van der Waals surface area contributed by atoms with Crippen LogP contribution in [0.3, 0.4) is 0 Å². The van der Waals surface area contributed by atoms with Gasteiger partial charge in [-0.2, -0.15) is 0 Å². The number of rotatable bonds is 3. The Bertz CT molecular complexity index is 420. The van der Waals surface area contributed by atoms with Crippen molar-refractivity contribution in [2.24, 2.45) is 0 Å². The van der Waals surface area contributed by atoms with Crippen molar-refractivity contribution >= 4 is 26.7 Å². The smallest absolute Gasteiger partial charge is 0.0482 e. The highest BCUT2D eigenvalue weighted by Gasteiger charge is 2.00. The lowest BCUT2D eigenvalue weighted by atomic mass is 10.1. The molecule has 2 rings (SSSR count). The average Bonchev–Trinajstić information content (AvgIpc) is 2.26. The van der Waals surface area contributed by atoms with Crippen molar-refractivity contribution in [2.75, 3.05) is 5.33 Å². The van der Waals surface area contributed by atoms with Crippen molar-refractivity contribution in [2.45, 2.75) is 12.8 Å². The number of aromatic nitrogens is 1. The van der Waals surface area contributed by atoms with Crippen LogP contribution in [0.1, 0.15) is 12.1 Å². The minimum Gasteiger partial charge on any atom is -0.261 e. The Labute approximate surface area is 92.3 Å². The van der Waals surface area contributed by atoms with Gasteiger partial charge < -0.3 is 0 Å². The van der Waals surface area contributed by atoms with Crippen LogP contribution in [0, 0.1) is 0 Å². The molecule has 0 amide bonds. The maximum atomic E-state index is 4.42. The molecule has 72 valence electrons. The van der Waals surface area contributed by atoms with Gasteiger partial charge in [0.2, 0.25) is 0 Å². The second-order valence-corrected chi connectivity index (χ2v) is 4.06. The summed E-state index contributed by atoms with van der Waals surface area (Å²) in [4.78, 5) is 4.42. The molecule has 1 nitrogen and oxygen atoms in total. The number of aryl methyl sites for hydroxylation is 1. The van der Waals surface area contributed by atoms with E-state index in [0.717, 1.165) is 18.2 Å². The normalized spacial score (nSPS) is 10.6. The zero-order valence-corrected chi connectivity index (χ0v) is 9.50. The van der Waals surface area contributed by atoms with Crippen molar-refractivity contribution < 1.29 is 0 Å². The molecule has 14 heavy (non-hydrogen) atoms. The summed E-state index contributed by atoms with van der Waals surface area (Å²) in [6, 6.07) is 10.5. The van der Waals surface area contributed by atoms with Crippen molar-refractivity contribution in [3.05, 3.63) is 42.2 Å². The molecule has 0 unspecified atom stereocenters. The number of halogens is 1. The summed E-state index contributed by atoms with van der Waals surface area (Å²) in [6.45, 7) is 0. The molecule has 0 atom stereocenters. The fraction of sp³-hybridized carbons (Fsp3) is 0.250. The third kappa shape index (κ3) is 1.95. The molecule has 0 saturated carbocycles. The summed E-state index contributed by atoms with van der Waals surface area (Å²) in [5, 5.41) is 3.61. The molecule has 0 aliphatic carbocycles. The van der Waals surface area contributed by atoms with Gasteiger partial charge in [-0.05, 0) is 24.3 Å². The Morgan fingerprint density at radius 1 is 1.14 bits per heavy atom. The van der Waals surface area contributed by atoms with E-state index < -0.39 is 0 Å². The summed E-state index contributed by atoms with van der Waals surface area (Å²) in [6.07, 6.45) is 4.08. The van der Waals surface area contributed by atoms with E-state index in [-0.39, 0.29) is 0 Å². The standard InChI is InChI=1S/C12H12BrN/c13-8-3-6-12-11-5-2-1-4-10(11)7-9-14-12/h1-2,4-5,7,9H,3,6,8H2. The van der Waals surface area contributed by atoms with Gasteiger partial charge in [0.1, 0.15) is 0 Å². The van der Waals surface area contributed by atoms with Crippen molar-refractivity contribution in [3.63, 3.8) is 0 Å². The molecule has 0 radical (unpaired) electrons. The predicted octanol–water partition coefficient (Wildman–Crippen LogP) is 3.56. The molecule has 2 heteroatoms. The van der Waals surface area contributed by atoms with Crippen LogP contribution in [-0.2, 0) is 6.42 Å². The monoisotopic (exact) mass is 249 g/mol. The topological polar surface area (TPSA) is 12.9 Å². The van der Waals surface area contributed by atoms with Gasteiger partial charge >= 0.3 is 0 Å². The Morgan fingerprint density at radius 2 is 2.00 bits per heavy atom. The maximum absolute atomic E-state index is 4.42. The third-order valence-electron chi connectivity index (χ3n) is 2.30. The fourth-order valence-electron chi connectivity index (χ4n) is 1.62. The van der Waals surface area contributed by atoms with Gasteiger partial charge in [0.05, 0.1) is 0 Å². The van der Waals surface area contributed by atoms with Crippen molar-refractivity contribution in [3.8, 4) is 0 Å². The van der Waals surface area contributed by atoms with Crippen molar-refractivity contribution in [1.29, 1.82) is 0 Å². The zero-order valence-electron chi connectivity index (χ0n) is 7.91. The Morgan fingerprint density at radius 3 is 2.86 bits per heavy atom. The zero-order chi connectivity index (χ0) is 9.80. The molecule has 2 aromatic rings. The number of alkyl halides is 1. The lowest BCUT2D eigenvalue weighted by Crippen LogP contribution is -1.91. The maximum Gasteiger partial charge on any atom is 0.0482 e. The molecule has 0 saturated heterocycles. The highest BCUT2D eigenvalue weighted by Crippen LogP contribution is 2.17. The van der Waals surface area contributed by atoms with Crippen LogP contribution in [0.4, 0.5) is 0 Å². The molecular weight excluding hydrogens is 238 g/mol. The summed E-state index contributed by atoms with van der Waals surface area (Å²) < 4.78 is 0. The van der Waals surface area contributed by atoms with Crippen LogP contribution in [0.2, 0.25) is 0 Å². The second-order valence-electron chi connectivity index (χ2n) is 3.27. The number of benzene rings is 1. The van der Waals surface area contributed by atoms with Crippen LogP contribution in [-0.4, -0.2) is 10.3 Å². The van der Waals surface area contributed by atoms with Gasteiger partial charge in [0.25, 0.3) is 0 Å². The van der Waals surface area contributed by atoms with Crippen LogP contribution in [0.25, 0.3) is 10.8 Å². The van der Waals surface area contributed by atoms with E-state index >= 15 is 0 Å². The number of fused-ring (bicyclic) bond motifs is 1. The van der Waals surface area contributed by atoms with E-state index in [9.17, 15) is 0 Å². The summed E-state index contributed by atoms with van der Waals surface area (Å²) in [5.74, 6) is 0. The van der Waals surface area contributed by atoms with E-state index in [0.29, 0.717) is 0 Å². The molecule has 0 fully saturated rings. The Kier molecular flexibility index (Phi) is 3.14. The Balaban J connectivity index is 2.43. The predicted molar refractivity (Wildman–Crippen MR) is 63.9 cm³/mol. The number of nitrogens with zero attached hydrogens (tertiary/aromatic N) is 1. The highest BCUT2D eigenvalue weighted by molar-refractivity contribution is 9.09. The highest BCUT2D eigenvalue weighted by atomic mass is 79.9. The molecule has 0 N–H and O–H groups in total. The average molecular weight is 250 g/mol. The summed E-state index contributed by atoms with van der Waals surface area (Å²) >= 11 is 3.44. The van der Waals surface area contributed by atoms with Crippen LogP contribution >= 0.6 is 15.9 Å². The van der Waals surface area contributed by atoms with Gasteiger partial charge in [-0.15, -0.1) is 0 Å². The second kappa shape index (κ2) is 4.56. The minimum absolute atomic E-state index is 1.04. The van der Waals surface area contributed by atoms with E-state index in [2.05, 4.69) is 51.2 Å². The number of hydrogen-bond acceptors (Lipinski definition) is 1.